The van der Waals surface area contributed by atoms with E-state index in [0.717, 1.165) is 16.2 Å². The minimum Gasteiger partial charge on any atom is -0.469 e. The molecule has 68 valence electrons. The van der Waals surface area contributed by atoms with Gasteiger partial charge in [0, 0.05) is 0 Å². The van der Waals surface area contributed by atoms with Gasteiger partial charge in [0.1, 0.15) is 0 Å². The van der Waals surface area contributed by atoms with Crippen LogP contribution in [0.4, 0.5) is 0 Å². The maximum absolute atomic E-state index is 11.0. The Balaban J connectivity index is 2.29. The molecule has 1 fully saturated rings. The van der Waals surface area contributed by atoms with E-state index in [2.05, 4.69) is 42.7 Å². The number of hydrogen-bond acceptors (Lipinski definition) is 2. The Hall–Kier alpha value is 0.170. The number of allylic oxidation sites excluding steroid dienone is 1. The van der Waals surface area contributed by atoms with Gasteiger partial charge in [0.2, 0.25) is 0 Å². The minimum atomic E-state index is -0.0784. The third-order valence-corrected chi connectivity index (χ3v) is 2.60. The Morgan fingerprint density at radius 3 is 2.50 bits per heavy atom. The molecule has 2 nitrogen and oxygen atoms in total. The molecule has 0 aromatic rings. The van der Waals surface area contributed by atoms with Gasteiger partial charge in [-0.3, -0.25) is 4.79 Å². The first-order valence-electron chi connectivity index (χ1n) is 3.74. The highest BCUT2D eigenvalue weighted by Gasteiger charge is 2.33. The van der Waals surface area contributed by atoms with Crippen LogP contribution in [0, 0.1) is 11.8 Å². The van der Waals surface area contributed by atoms with Gasteiger partial charge in [-0.2, -0.15) is 0 Å². The van der Waals surface area contributed by atoms with Crippen molar-refractivity contribution in [2.45, 2.75) is 12.8 Å². The fourth-order valence-electron chi connectivity index (χ4n) is 1.34. The average Bonchev–Trinajstić information content (AvgIpc) is 1.94. The second-order valence-corrected chi connectivity index (χ2v) is 5.68. The minimum absolute atomic E-state index is 0.0784. The van der Waals surface area contributed by atoms with Crippen LogP contribution in [0.1, 0.15) is 12.8 Å². The van der Waals surface area contributed by atoms with Crippen molar-refractivity contribution in [2.75, 3.05) is 7.11 Å². The number of hydrogen-bond donors (Lipinski definition) is 0. The summed E-state index contributed by atoms with van der Waals surface area (Å²) in [6, 6.07) is 0. The van der Waals surface area contributed by atoms with E-state index in [1.54, 1.807) is 0 Å². The molecule has 0 atom stereocenters. The Morgan fingerprint density at radius 2 is 2.08 bits per heavy atom. The van der Waals surface area contributed by atoms with Crippen LogP contribution in [-0.2, 0) is 9.53 Å². The zero-order valence-electron chi connectivity index (χ0n) is 6.72. The first-order valence-corrected chi connectivity index (χ1v) is 5.32. The van der Waals surface area contributed by atoms with Gasteiger partial charge in [-0.15, -0.1) is 0 Å². The van der Waals surface area contributed by atoms with Crippen molar-refractivity contribution in [2.24, 2.45) is 11.8 Å². The fraction of sp³-hybridized carbons (Fsp3) is 0.625. The van der Waals surface area contributed by atoms with Crippen LogP contribution < -0.4 is 0 Å². The van der Waals surface area contributed by atoms with Gasteiger partial charge in [0.25, 0.3) is 0 Å². The molecule has 1 rings (SSSR count). The zero-order chi connectivity index (χ0) is 9.14. The van der Waals surface area contributed by atoms with Crippen molar-refractivity contribution in [3.05, 3.63) is 9.47 Å². The Labute approximate surface area is 88.6 Å². The van der Waals surface area contributed by atoms with Gasteiger partial charge in [-0.25, -0.2) is 0 Å². The molecule has 12 heavy (non-hydrogen) atoms. The summed E-state index contributed by atoms with van der Waals surface area (Å²) in [5, 5.41) is 0. The van der Waals surface area contributed by atoms with Crippen LogP contribution in [0.15, 0.2) is 9.47 Å². The Kier molecular flexibility index (Phi) is 3.77. The van der Waals surface area contributed by atoms with E-state index in [1.165, 1.54) is 7.11 Å². The summed E-state index contributed by atoms with van der Waals surface area (Å²) in [7, 11) is 1.44. The SMILES string of the molecule is COC(=O)C1CC(C=C(Br)Br)C1. The summed E-state index contributed by atoms with van der Waals surface area (Å²) in [6.07, 6.45) is 3.89. The first kappa shape index (κ1) is 10.3. The highest BCUT2D eigenvalue weighted by atomic mass is 79.9. The van der Waals surface area contributed by atoms with Crippen molar-refractivity contribution in [1.82, 2.24) is 0 Å². The number of carbonyl (C=O) groups excluding carboxylic acids is 1. The number of halogens is 2. The summed E-state index contributed by atoms with van der Waals surface area (Å²) in [6.45, 7) is 0. The molecule has 4 heteroatoms. The van der Waals surface area contributed by atoms with Crippen molar-refractivity contribution in [3.63, 3.8) is 0 Å². The number of ether oxygens (including phenoxy) is 1. The van der Waals surface area contributed by atoms with Gasteiger partial charge in [-0.05, 0) is 50.6 Å². The fourth-order valence-corrected chi connectivity index (χ4v) is 2.08. The van der Waals surface area contributed by atoms with Crippen LogP contribution in [0.3, 0.4) is 0 Å². The Bertz CT molecular complexity index is 203. The molecule has 0 amide bonds. The smallest absolute Gasteiger partial charge is 0.308 e. The van der Waals surface area contributed by atoms with E-state index >= 15 is 0 Å². The van der Waals surface area contributed by atoms with Crippen LogP contribution >= 0.6 is 31.9 Å². The number of carbonyl (C=O) groups is 1. The lowest BCUT2D eigenvalue weighted by molar-refractivity contribution is -0.149. The summed E-state index contributed by atoms with van der Waals surface area (Å²) in [5.41, 5.74) is 0. The highest BCUT2D eigenvalue weighted by molar-refractivity contribution is 9.28. The maximum atomic E-state index is 11.0. The quantitative estimate of drug-likeness (QED) is 0.733. The molecule has 0 bridgehead atoms. The molecule has 0 radical (unpaired) electrons. The van der Waals surface area contributed by atoms with Crippen LogP contribution in [0.25, 0.3) is 0 Å². The topological polar surface area (TPSA) is 26.3 Å². The van der Waals surface area contributed by atoms with E-state index in [0.29, 0.717) is 5.92 Å². The van der Waals surface area contributed by atoms with Gasteiger partial charge >= 0.3 is 5.97 Å². The second kappa shape index (κ2) is 4.42. The molecule has 0 aromatic heterocycles. The first-order chi connectivity index (χ1) is 5.63. The molecule has 0 heterocycles. The number of rotatable bonds is 2. The average molecular weight is 298 g/mol. The van der Waals surface area contributed by atoms with E-state index < -0.39 is 0 Å². The second-order valence-electron chi connectivity index (χ2n) is 2.91. The lowest BCUT2D eigenvalue weighted by atomic mass is 9.75. The molecule has 1 aliphatic rings. The molecule has 0 unspecified atom stereocenters. The summed E-state index contributed by atoms with van der Waals surface area (Å²) in [5.74, 6) is 0.559. The number of esters is 1. The summed E-state index contributed by atoms with van der Waals surface area (Å²) < 4.78 is 5.59. The third-order valence-electron chi connectivity index (χ3n) is 2.07. The maximum Gasteiger partial charge on any atom is 0.308 e. The monoisotopic (exact) mass is 296 g/mol. The molecule has 0 spiro atoms. The van der Waals surface area contributed by atoms with Gasteiger partial charge in [0.05, 0.1) is 16.4 Å². The van der Waals surface area contributed by atoms with Crippen LogP contribution in [0.5, 0.6) is 0 Å². The van der Waals surface area contributed by atoms with Crippen molar-refractivity contribution in [1.29, 1.82) is 0 Å². The highest BCUT2D eigenvalue weighted by Crippen LogP contribution is 2.37. The molecule has 1 aliphatic carbocycles. The molecule has 1 saturated carbocycles. The molecule has 0 N–H and O–H groups in total. The molecular formula is C8H10Br2O2. The van der Waals surface area contributed by atoms with Gasteiger partial charge < -0.3 is 4.74 Å². The normalized spacial score (nSPS) is 27.2. The van der Waals surface area contributed by atoms with Gasteiger partial charge in [-0.1, -0.05) is 6.08 Å². The predicted octanol–water partition coefficient (Wildman–Crippen LogP) is 2.82. The van der Waals surface area contributed by atoms with Crippen molar-refractivity contribution in [3.8, 4) is 0 Å². The Morgan fingerprint density at radius 1 is 1.50 bits per heavy atom. The standard InChI is InChI=1S/C8H10Br2O2/c1-12-8(11)6-2-5(3-6)4-7(9)10/h4-6H,2-3H2,1H3. The summed E-state index contributed by atoms with van der Waals surface area (Å²) >= 11 is 6.57. The van der Waals surface area contributed by atoms with Crippen molar-refractivity contribution < 1.29 is 9.53 Å². The van der Waals surface area contributed by atoms with E-state index in [-0.39, 0.29) is 11.9 Å². The van der Waals surface area contributed by atoms with E-state index in [1.807, 2.05) is 0 Å². The molecule has 0 aliphatic heterocycles. The predicted molar refractivity (Wildman–Crippen MR) is 54.2 cm³/mol. The lowest BCUT2D eigenvalue weighted by Gasteiger charge is -2.30. The molecular weight excluding hydrogens is 288 g/mol. The van der Waals surface area contributed by atoms with Crippen molar-refractivity contribution >= 4 is 37.8 Å². The molecule has 0 aromatic carbocycles. The molecule has 0 saturated heterocycles. The lowest BCUT2D eigenvalue weighted by Crippen LogP contribution is -2.30. The van der Waals surface area contributed by atoms with Gasteiger partial charge in [0.15, 0.2) is 0 Å². The number of methoxy groups -OCH3 is 1. The van der Waals surface area contributed by atoms with E-state index in [9.17, 15) is 4.79 Å². The van der Waals surface area contributed by atoms with Crippen LogP contribution in [0.2, 0.25) is 0 Å². The van der Waals surface area contributed by atoms with E-state index in [4.69, 9.17) is 0 Å². The largest absolute Gasteiger partial charge is 0.469 e. The summed E-state index contributed by atoms with van der Waals surface area (Å²) in [4.78, 5) is 11.0. The van der Waals surface area contributed by atoms with Crippen LogP contribution in [-0.4, -0.2) is 13.1 Å². The zero-order valence-corrected chi connectivity index (χ0v) is 9.89. The third kappa shape index (κ3) is 2.59.